The lowest BCUT2D eigenvalue weighted by atomic mass is 9.96. The highest BCUT2D eigenvalue weighted by Gasteiger charge is 2.23. The van der Waals surface area contributed by atoms with Gasteiger partial charge in [0.2, 0.25) is 0 Å². The minimum atomic E-state index is 0.471. The van der Waals surface area contributed by atoms with Crippen LogP contribution in [0.4, 0.5) is 0 Å². The summed E-state index contributed by atoms with van der Waals surface area (Å²) >= 11 is 0. The predicted octanol–water partition coefficient (Wildman–Crippen LogP) is 9.99. The second-order valence-electron chi connectivity index (χ2n) is 10.7. The Morgan fingerprint density at radius 3 is 2.16 bits per heavy atom. The van der Waals surface area contributed by atoms with Gasteiger partial charge in [-0.3, -0.25) is 0 Å². The average molecular weight is 550 g/mol. The van der Waals surface area contributed by atoms with E-state index in [4.69, 9.17) is 8.83 Å². The molecule has 0 spiro atoms. The van der Waals surface area contributed by atoms with Crippen LogP contribution in [-0.4, -0.2) is 4.57 Å². The van der Waals surface area contributed by atoms with Crippen molar-refractivity contribution in [3.05, 3.63) is 126 Å². The average Bonchev–Trinajstić information content (AvgIpc) is 3.74. The fraction of sp³-hybridized carbons (Fsp3) is 0. The van der Waals surface area contributed by atoms with E-state index in [-0.39, 0.29) is 0 Å². The van der Waals surface area contributed by atoms with Gasteiger partial charge < -0.3 is 13.4 Å². The molecule has 5 nitrogen and oxygen atoms in total. The third-order valence-corrected chi connectivity index (χ3v) is 8.48. The molecule has 3 heterocycles. The summed E-state index contributed by atoms with van der Waals surface area (Å²) in [4.78, 5) is 0. The largest absolute Gasteiger partial charge is 0.455 e. The Hall–Kier alpha value is -6.30. The molecule has 9 rings (SSSR count). The second-order valence-corrected chi connectivity index (χ2v) is 10.7. The predicted molar refractivity (Wildman–Crippen MR) is 170 cm³/mol. The van der Waals surface area contributed by atoms with Gasteiger partial charge in [0.15, 0.2) is 11.2 Å². The molecule has 9 aromatic rings. The Balaban J connectivity index is 1.40. The number of benzene rings is 6. The van der Waals surface area contributed by atoms with E-state index < -0.39 is 0 Å². The molecule has 0 atom stereocenters. The molecule has 0 bridgehead atoms. The second kappa shape index (κ2) is 8.60. The molecule has 43 heavy (non-hydrogen) atoms. The lowest BCUT2D eigenvalue weighted by Crippen LogP contribution is -1.94. The topological polar surface area (TPSA) is 78.8 Å². The van der Waals surface area contributed by atoms with Crippen molar-refractivity contribution in [1.29, 1.82) is 10.5 Å². The Morgan fingerprint density at radius 2 is 1.28 bits per heavy atom. The monoisotopic (exact) mass is 549 g/mol. The quantitative estimate of drug-likeness (QED) is 0.215. The molecule has 0 radical (unpaired) electrons. The number of hydrogen-bond acceptors (Lipinski definition) is 4. The van der Waals surface area contributed by atoms with Crippen LogP contribution in [0.3, 0.4) is 0 Å². The lowest BCUT2D eigenvalue weighted by Gasteiger charge is -2.09. The van der Waals surface area contributed by atoms with E-state index in [1.54, 1.807) is 0 Å². The van der Waals surface area contributed by atoms with Crippen molar-refractivity contribution in [2.75, 3.05) is 0 Å². The zero-order valence-electron chi connectivity index (χ0n) is 22.6. The fourth-order valence-electron chi connectivity index (χ4n) is 6.64. The molecule has 0 aliphatic heterocycles. The van der Waals surface area contributed by atoms with E-state index in [0.717, 1.165) is 71.3 Å². The van der Waals surface area contributed by atoms with E-state index in [2.05, 4.69) is 53.1 Å². The highest BCUT2D eigenvalue weighted by Crippen LogP contribution is 2.44. The summed E-state index contributed by atoms with van der Waals surface area (Å²) in [5, 5.41) is 25.6. The Kier molecular flexibility index (Phi) is 4.68. The Labute approximate surface area is 244 Å². The van der Waals surface area contributed by atoms with Crippen molar-refractivity contribution >= 4 is 65.7 Å². The molecule has 5 heteroatoms. The summed E-state index contributed by atoms with van der Waals surface area (Å²) in [6.07, 6.45) is 0. The van der Waals surface area contributed by atoms with Crippen LogP contribution >= 0.6 is 0 Å². The number of hydrogen-bond donors (Lipinski definition) is 0. The molecule has 0 saturated carbocycles. The molecule has 0 unspecified atom stereocenters. The fourth-order valence-corrected chi connectivity index (χ4v) is 6.64. The molecule has 6 aromatic carbocycles. The van der Waals surface area contributed by atoms with Gasteiger partial charge in [-0.25, -0.2) is 0 Å². The molecule has 0 amide bonds. The van der Waals surface area contributed by atoms with E-state index in [9.17, 15) is 10.5 Å². The minimum Gasteiger partial charge on any atom is -0.455 e. The number of furan rings is 2. The van der Waals surface area contributed by atoms with Crippen LogP contribution in [-0.2, 0) is 0 Å². The first-order chi connectivity index (χ1) is 21.2. The molecule has 3 aromatic heterocycles. The van der Waals surface area contributed by atoms with Crippen LogP contribution in [0.25, 0.3) is 82.5 Å². The van der Waals surface area contributed by atoms with Gasteiger partial charge in [-0.1, -0.05) is 72.8 Å². The van der Waals surface area contributed by atoms with Crippen LogP contribution in [0, 0.1) is 22.7 Å². The molecule has 0 fully saturated rings. The van der Waals surface area contributed by atoms with Gasteiger partial charge in [0, 0.05) is 37.9 Å². The van der Waals surface area contributed by atoms with Crippen LogP contribution in [0.2, 0.25) is 0 Å². The van der Waals surface area contributed by atoms with Gasteiger partial charge in [0.25, 0.3) is 0 Å². The Morgan fingerprint density at radius 1 is 0.512 bits per heavy atom. The normalized spacial score (nSPS) is 11.7. The van der Waals surface area contributed by atoms with Crippen molar-refractivity contribution in [1.82, 2.24) is 4.57 Å². The summed E-state index contributed by atoms with van der Waals surface area (Å²) < 4.78 is 15.3. The number of nitrogens with zero attached hydrogens (tertiary/aromatic N) is 3. The first-order valence-electron chi connectivity index (χ1n) is 14.0. The van der Waals surface area contributed by atoms with E-state index >= 15 is 0 Å². The summed E-state index contributed by atoms with van der Waals surface area (Å²) in [6, 6.07) is 42.8. The zero-order chi connectivity index (χ0) is 28.7. The maximum Gasteiger partial charge on any atom is 0.159 e. The number of para-hydroxylation sites is 4. The van der Waals surface area contributed by atoms with Crippen molar-refractivity contribution in [3.8, 4) is 29.0 Å². The SMILES string of the molecule is N#Cc1ccc2c(c1)c1ccccc1n2-c1cccc2c1oc1c(C#N)ccc(-c3cccc4c3oc3ccccc34)c12. The third kappa shape index (κ3) is 3.14. The molecule has 0 saturated heterocycles. The van der Waals surface area contributed by atoms with Crippen LogP contribution < -0.4 is 0 Å². The highest BCUT2D eigenvalue weighted by atomic mass is 16.3. The van der Waals surface area contributed by atoms with Crippen molar-refractivity contribution in [3.63, 3.8) is 0 Å². The summed E-state index contributed by atoms with van der Waals surface area (Å²) in [5.74, 6) is 0. The van der Waals surface area contributed by atoms with Crippen LogP contribution in [0.15, 0.2) is 124 Å². The number of aromatic nitrogens is 1. The first kappa shape index (κ1) is 23.4. The van der Waals surface area contributed by atoms with Gasteiger partial charge in [-0.05, 0) is 48.0 Å². The van der Waals surface area contributed by atoms with Crippen molar-refractivity contribution < 1.29 is 8.83 Å². The summed E-state index contributed by atoms with van der Waals surface area (Å²) in [7, 11) is 0. The summed E-state index contributed by atoms with van der Waals surface area (Å²) in [6.45, 7) is 0. The smallest absolute Gasteiger partial charge is 0.159 e. The highest BCUT2D eigenvalue weighted by molar-refractivity contribution is 6.20. The molecule has 0 aliphatic carbocycles. The maximum absolute atomic E-state index is 10.1. The van der Waals surface area contributed by atoms with Crippen molar-refractivity contribution in [2.45, 2.75) is 0 Å². The minimum absolute atomic E-state index is 0.471. The van der Waals surface area contributed by atoms with Crippen molar-refractivity contribution in [2.24, 2.45) is 0 Å². The van der Waals surface area contributed by atoms with Gasteiger partial charge in [-0.2, -0.15) is 10.5 Å². The molecule has 0 N–H and O–H groups in total. The van der Waals surface area contributed by atoms with E-state index in [0.29, 0.717) is 22.3 Å². The third-order valence-electron chi connectivity index (χ3n) is 8.48. The van der Waals surface area contributed by atoms with E-state index in [1.807, 2.05) is 78.9 Å². The Bertz CT molecular complexity index is 2710. The molecular formula is C38H19N3O2. The van der Waals surface area contributed by atoms with Gasteiger partial charge in [0.1, 0.15) is 17.2 Å². The van der Waals surface area contributed by atoms with Gasteiger partial charge >= 0.3 is 0 Å². The van der Waals surface area contributed by atoms with Gasteiger partial charge in [-0.15, -0.1) is 0 Å². The standard InChI is InChI=1S/C38H19N3O2/c39-20-22-15-18-32-30(19-22)24-7-1-3-12-31(24)41(32)33-13-6-11-29-35-26(17-16-23(21-40)36(35)43-38(29)33)28-10-5-9-27-25-8-2-4-14-34(25)42-37(27)28/h1-19H. The molecule has 198 valence electrons. The maximum atomic E-state index is 10.1. The number of fused-ring (bicyclic) bond motifs is 9. The number of rotatable bonds is 2. The van der Waals surface area contributed by atoms with Crippen LogP contribution in [0.5, 0.6) is 0 Å². The first-order valence-corrected chi connectivity index (χ1v) is 14.0. The molecule has 0 aliphatic rings. The molecular weight excluding hydrogens is 530 g/mol. The summed E-state index contributed by atoms with van der Waals surface area (Å²) in [5.41, 5.74) is 8.67. The zero-order valence-corrected chi connectivity index (χ0v) is 22.6. The van der Waals surface area contributed by atoms with Crippen LogP contribution in [0.1, 0.15) is 11.1 Å². The number of nitriles is 2. The van der Waals surface area contributed by atoms with E-state index in [1.165, 1.54) is 0 Å². The van der Waals surface area contributed by atoms with Gasteiger partial charge in [0.05, 0.1) is 33.9 Å². The lowest BCUT2D eigenvalue weighted by molar-refractivity contribution is 0.665.